The zero-order valence-corrected chi connectivity index (χ0v) is 14.7. The van der Waals surface area contributed by atoms with Gasteiger partial charge in [-0.15, -0.1) is 0 Å². The smallest absolute Gasteiger partial charge is 0.346 e. The minimum atomic E-state index is -0.541. The van der Waals surface area contributed by atoms with E-state index in [1.54, 1.807) is 25.3 Å². The lowest BCUT2D eigenvalue weighted by atomic mass is 10.2. The third kappa shape index (κ3) is 4.80. The molecule has 2 aromatic rings. The Kier molecular flexibility index (Phi) is 6.12. The highest BCUT2D eigenvalue weighted by Gasteiger charge is 2.11. The van der Waals surface area contributed by atoms with Gasteiger partial charge in [0.15, 0.2) is 5.03 Å². The fraction of sp³-hybridized carbons (Fsp3) is 0.267. The maximum Gasteiger partial charge on any atom is 0.346 e. The van der Waals surface area contributed by atoms with Crippen LogP contribution >= 0.6 is 11.8 Å². The van der Waals surface area contributed by atoms with Crippen LogP contribution in [0.3, 0.4) is 0 Å². The van der Waals surface area contributed by atoms with Gasteiger partial charge in [-0.2, -0.15) is 10.2 Å². The minimum absolute atomic E-state index is 0.0596. The van der Waals surface area contributed by atoms with Crippen LogP contribution < -0.4 is 21.4 Å². The lowest BCUT2D eigenvalue weighted by Crippen LogP contribution is -2.39. The van der Waals surface area contributed by atoms with E-state index >= 15 is 0 Å². The fourth-order valence-corrected chi connectivity index (χ4v) is 2.60. The van der Waals surface area contributed by atoms with Crippen molar-refractivity contribution in [1.29, 1.82) is 0 Å². The molecule has 2 rings (SSSR count). The van der Waals surface area contributed by atoms with Gasteiger partial charge < -0.3 is 4.74 Å². The number of thioether (sulfide) groups is 1. The first-order valence-electron chi connectivity index (χ1n) is 7.15. The molecule has 0 unspecified atom stereocenters. The molecule has 0 radical (unpaired) electrons. The van der Waals surface area contributed by atoms with E-state index in [2.05, 4.69) is 15.6 Å². The topological polar surface area (TPSA) is 108 Å². The average Bonchev–Trinajstić information content (AvgIpc) is 2.62. The molecule has 10 heteroatoms. The van der Waals surface area contributed by atoms with Crippen molar-refractivity contribution in [3.63, 3.8) is 0 Å². The second kappa shape index (κ2) is 8.29. The number of hydrogen-bond donors (Lipinski definition) is 1. The molecular weight excluding hydrogens is 346 g/mol. The summed E-state index contributed by atoms with van der Waals surface area (Å²) in [7, 11) is 4.35. The van der Waals surface area contributed by atoms with Gasteiger partial charge >= 0.3 is 5.69 Å². The zero-order chi connectivity index (χ0) is 18.4. The molecule has 0 saturated carbocycles. The van der Waals surface area contributed by atoms with Crippen molar-refractivity contribution in [2.45, 2.75) is 5.03 Å². The number of carbonyl (C=O) groups is 1. The van der Waals surface area contributed by atoms with Crippen molar-refractivity contribution in [1.82, 2.24) is 19.8 Å². The Labute approximate surface area is 147 Å². The molecule has 1 N–H and O–H groups in total. The summed E-state index contributed by atoms with van der Waals surface area (Å²) in [6.45, 7) is 0. The van der Waals surface area contributed by atoms with Crippen LogP contribution in [0.4, 0.5) is 0 Å². The van der Waals surface area contributed by atoms with E-state index in [0.29, 0.717) is 5.75 Å². The second-order valence-corrected chi connectivity index (χ2v) is 5.90. The minimum Gasteiger partial charge on any atom is -0.497 e. The molecule has 0 aliphatic rings. The standard InChI is InChI=1S/C15H17N5O4S/c1-19-14(22)13(18-20(2)15(19)23)25-9-12(21)17-16-8-10-5-4-6-11(7-10)24-3/h4-8H,9H2,1-3H3,(H,17,21)/b16-8-. The van der Waals surface area contributed by atoms with Crippen LogP contribution in [0.2, 0.25) is 0 Å². The molecule has 0 aliphatic heterocycles. The summed E-state index contributed by atoms with van der Waals surface area (Å²) < 4.78 is 7.08. The largest absolute Gasteiger partial charge is 0.497 e. The van der Waals surface area contributed by atoms with Crippen LogP contribution in [0, 0.1) is 0 Å². The van der Waals surface area contributed by atoms with Crippen molar-refractivity contribution in [3.05, 3.63) is 50.7 Å². The van der Waals surface area contributed by atoms with Crippen molar-refractivity contribution in [3.8, 4) is 5.75 Å². The monoisotopic (exact) mass is 363 g/mol. The van der Waals surface area contributed by atoms with E-state index in [-0.39, 0.29) is 10.8 Å². The molecule has 0 spiro atoms. The number of hydrogen-bond acceptors (Lipinski definition) is 7. The number of nitrogens with zero attached hydrogens (tertiary/aromatic N) is 4. The molecule has 1 aromatic carbocycles. The van der Waals surface area contributed by atoms with Gasteiger partial charge in [-0.3, -0.25) is 14.2 Å². The van der Waals surface area contributed by atoms with E-state index in [1.165, 1.54) is 20.3 Å². The molecule has 1 amide bonds. The van der Waals surface area contributed by atoms with Crippen molar-refractivity contribution < 1.29 is 9.53 Å². The fourth-order valence-electron chi connectivity index (χ4n) is 1.83. The van der Waals surface area contributed by atoms with Crippen molar-refractivity contribution >= 4 is 23.9 Å². The summed E-state index contributed by atoms with van der Waals surface area (Å²) in [5, 5.41) is 7.77. The normalized spacial score (nSPS) is 10.8. The number of aromatic nitrogens is 3. The van der Waals surface area contributed by atoms with Crippen LogP contribution in [0.5, 0.6) is 5.75 Å². The van der Waals surface area contributed by atoms with E-state index in [9.17, 15) is 14.4 Å². The maximum absolute atomic E-state index is 11.9. The highest BCUT2D eigenvalue weighted by molar-refractivity contribution is 7.99. The van der Waals surface area contributed by atoms with Crippen LogP contribution in [-0.2, 0) is 18.9 Å². The third-order valence-corrected chi connectivity index (χ3v) is 4.07. The van der Waals surface area contributed by atoms with Gasteiger partial charge in [-0.25, -0.2) is 14.9 Å². The number of nitrogens with one attached hydrogen (secondary N) is 1. The van der Waals surface area contributed by atoms with Crippen LogP contribution in [0.25, 0.3) is 0 Å². The van der Waals surface area contributed by atoms with Crippen LogP contribution in [0.1, 0.15) is 5.56 Å². The lowest BCUT2D eigenvalue weighted by Gasteiger charge is -2.04. The van der Waals surface area contributed by atoms with E-state index in [4.69, 9.17) is 4.74 Å². The molecule has 1 aromatic heterocycles. The first kappa shape index (κ1) is 18.5. The zero-order valence-electron chi connectivity index (χ0n) is 13.9. The number of amides is 1. The van der Waals surface area contributed by atoms with E-state index in [0.717, 1.165) is 26.6 Å². The molecule has 0 atom stereocenters. The van der Waals surface area contributed by atoms with E-state index < -0.39 is 17.2 Å². The Morgan fingerprint density at radius 1 is 1.40 bits per heavy atom. The highest BCUT2D eigenvalue weighted by Crippen LogP contribution is 2.11. The van der Waals surface area contributed by atoms with Crippen molar-refractivity contribution in [2.75, 3.05) is 12.9 Å². The third-order valence-electron chi connectivity index (χ3n) is 3.13. The summed E-state index contributed by atoms with van der Waals surface area (Å²) in [6.07, 6.45) is 1.48. The molecular formula is C15H17N5O4S. The Morgan fingerprint density at radius 2 is 2.16 bits per heavy atom. The van der Waals surface area contributed by atoms with E-state index in [1.807, 2.05) is 6.07 Å². The molecule has 0 fully saturated rings. The number of ether oxygens (including phenoxy) is 1. The predicted octanol–water partition coefficient (Wildman–Crippen LogP) is -0.270. The van der Waals surface area contributed by atoms with Gasteiger partial charge in [-0.05, 0) is 17.7 Å². The van der Waals surface area contributed by atoms with Crippen molar-refractivity contribution in [2.24, 2.45) is 19.2 Å². The molecule has 25 heavy (non-hydrogen) atoms. The molecule has 9 nitrogen and oxygen atoms in total. The number of rotatable bonds is 6. The number of carbonyl (C=O) groups excluding carboxylic acids is 1. The quantitative estimate of drug-likeness (QED) is 0.430. The maximum atomic E-state index is 11.9. The summed E-state index contributed by atoms with van der Waals surface area (Å²) in [4.78, 5) is 35.3. The lowest BCUT2D eigenvalue weighted by molar-refractivity contribution is -0.118. The predicted molar refractivity (Wildman–Crippen MR) is 94.2 cm³/mol. The summed E-state index contributed by atoms with van der Waals surface area (Å²) in [5.74, 6) is 0.222. The number of aryl methyl sites for hydroxylation is 1. The molecule has 0 aliphatic carbocycles. The molecule has 1 heterocycles. The van der Waals surface area contributed by atoms with Crippen LogP contribution in [-0.4, -0.2) is 39.3 Å². The second-order valence-electron chi connectivity index (χ2n) is 4.93. The molecule has 0 bridgehead atoms. The highest BCUT2D eigenvalue weighted by atomic mass is 32.2. The Hall–Kier alpha value is -2.88. The van der Waals surface area contributed by atoms with Gasteiger partial charge in [0.1, 0.15) is 5.75 Å². The Balaban J connectivity index is 1.94. The molecule has 132 valence electrons. The first-order chi connectivity index (χ1) is 11.9. The Morgan fingerprint density at radius 3 is 2.88 bits per heavy atom. The van der Waals surface area contributed by atoms with Gasteiger partial charge in [0.25, 0.3) is 5.56 Å². The average molecular weight is 363 g/mol. The van der Waals surface area contributed by atoms with Gasteiger partial charge in [0.2, 0.25) is 5.91 Å². The number of benzene rings is 1. The Bertz CT molecular complexity index is 919. The molecule has 0 saturated heterocycles. The first-order valence-corrected chi connectivity index (χ1v) is 8.14. The van der Waals surface area contributed by atoms with Gasteiger partial charge in [0.05, 0.1) is 19.1 Å². The summed E-state index contributed by atoms with van der Waals surface area (Å²) in [5.41, 5.74) is 2.06. The van der Waals surface area contributed by atoms with Crippen LogP contribution in [0.15, 0.2) is 44.0 Å². The number of hydrazone groups is 1. The summed E-state index contributed by atoms with van der Waals surface area (Å²) in [6, 6.07) is 7.18. The van der Waals surface area contributed by atoms with Gasteiger partial charge in [-0.1, -0.05) is 23.9 Å². The summed E-state index contributed by atoms with van der Waals surface area (Å²) >= 11 is 0.934. The SMILES string of the molecule is COc1cccc(/C=N\NC(=O)CSc2nn(C)c(=O)n(C)c2=O)c1. The van der Waals surface area contributed by atoms with Gasteiger partial charge in [0, 0.05) is 14.1 Å². The number of methoxy groups -OCH3 is 1.